The van der Waals surface area contributed by atoms with Crippen molar-refractivity contribution in [3.8, 4) is 17.0 Å². The fourth-order valence-electron chi connectivity index (χ4n) is 1.71. The van der Waals surface area contributed by atoms with Crippen LogP contribution in [0.1, 0.15) is 5.69 Å². The minimum absolute atomic E-state index is 0.238. The van der Waals surface area contributed by atoms with E-state index < -0.39 is 0 Å². The van der Waals surface area contributed by atoms with Crippen LogP contribution in [-0.4, -0.2) is 30.3 Å². The van der Waals surface area contributed by atoms with Crippen LogP contribution in [0, 0.1) is 6.92 Å². The number of hydrogen-bond donors (Lipinski definition) is 0. The molecule has 0 aliphatic carbocycles. The molecule has 0 aliphatic heterocycles. The maximum Gasteiger partial charge on any atom is 0.223 e. The average molecular weight is 279 g/mol. The van der Waals surface area contributed by atoms with E-state index in [1.54, 1.807) is 7.11 Å². The maximum absolute atomic E-state index is 5.90. The van der Waals surface area contributed by atoms with Gasteiger partial charge in [-0.05, 0) is 36.7 Å². The third-order valence-corrected chi connectivity index (χ3v) is 2.70. The molecule has 0 saturated carbocycles. The summed E-state index contributed by atoms with van der Waals surface area (Å²) in [6.45, 7) is 2.91. The highest BCUT2D eigenvalue weighted by Crippen LogP contribution is 2.29. The van der Waals surface area contributed by atoms with E-state index in [9.17, 15) is 0 Å². The second kappa shape index (κ2) is 6.50. The number of halogens is 1. The van der Waals surface area contributed by atoms with Crippen molar-refractivity contribution in [2.45, 2.75) is 6.92 Å². The molecule has 0 aliphatic rings. The Bertz CT molecular complexity index is 541. The summed E-state index contributed by atoms with van der Waals surface area (Å²) in [6.07, 6.45) is 0. The highest BCUT2D eigenvalue weighted by atomic mass is 35.5. The lowest BCUT2D eigenvalue weighted by atomic mass is 10.1. The lowest BCUT2D eigenvalue weighted by Gasteiger charge is -2.11. The molecule has 0 unspecified atom stereocenters. The van der Waals surface area contributed by atoms with Gasteiger partial charge in [-0.1, -0.05) is 12.1 Å². The third kappa shape index (κ3) is 3.66. The number of hydrogen-bond acceptors (Lipinski definition) is 4. The van der Waals surface area contributed by atoms with Gasteiger partial charge in [0.25, 0.3) is 0 Å². The SMILES string of the molecule is COCCOc1ccccc1-c1cc(C)nc(Cl)n1. The monoisotopic (exact) mass is 278 g/mol. The zero-order valence-electron chi connectivity index (χ0n) is 10.9. The number of aryl methyl sites for hydroxylation is 1. The van der Waals surface area contributed by atoms with Crippen LogP contribution in [0.2, 0.25) is 5.28 Å². The Morgan fingerprint density at radius 2 is 1.95 bits per heavy atom. The zero-order valence-corrected chi connectivity index (χ0v) is 11.6. The van der Waals surface area contributed by atoms with Gasteiger partial charge in [0, 0.05) is 18.4 Å². The van der Waals surface area contributed by atoms with Crippen molar-refractivity contribution in [2.75, 3.05) is 20.3 Å². The van der Waals surface area contributed by atoms with Crippen molar-refractivity contribution in [1.82, 2.24) is 9.97 Å². The van der Waals surface area contributed by atoms with Gasteiger partial charge in [0.05, 0.1) is 12.3 Å². The number of benzene rings is 1. The molecule has 0 radical (unpaired) electrons. The lowest BCUT2D eigenvalue weighted by Crippen LogP contribution is -2.05. The van der Waals surface area contributed by atoms with Crippen LogP contribution >= 0.6 is 11.6 Å². The Morgan fingerprint density at radius 1 is 1.16 bits per heavy atom. The van der Waals surface area contributed by atoms with Crippen molar-refractivity contribution in [1.29, 1.82) is 0 Å². The zero-order chi connectivity index (χ0) is 13.7. The molecule has 0 fully saturated rings. The Labute approximate surface area is 117 Å². The van der Waals surface area contributed by atoms with E-state index in [4.69, 9.17) is 21.1 Å². The van der Waals surface area contributed by atoms with E-state index >= 15 is 0 Å². The molecule has 0 spiro atoms. The van der Waals surface area contributed by atoms with Gasteiger partial charge < -0.3 is 9.47 Å². The molecule has 0 N–H and O–H groups in total. The molecule has 0 bridgehead atoms. The van der Waals surface area contributed by atoms with Gasteiger partial charge in [0.2, 0.25) is 5.28 Å². The third-order valence-electron chi connectivity index (χ3n) is 2.53. The van der Waals surface area contributed by atoms with Gasteiger partial charge in [-0.15, -0.1) is 0 Å². The molecule has 4 nitrogen and oxygen atoms in total. The summed E-state index contributed by atoms with van der Waals surface area (Å²) in [5.74, 6) is 0.758. The fraction of sp³-hybridized carbons (Fsp3) is 0.286. The summed E-state index contributed by atoms with van der Waals surface area (Å²) in [4.78, 5) is 8.29. The normalized spacial score (nSPS) is 10.5. The highest BCUT2D eigenvalue weighted by Gasteiger charge is 2.09. The Hall–Kier alpha value is -1.65. The minimum atomic E-state index is 0.238. The van der Waals surface area contributed by atoms with Crippen molar-refractivity contribution >= 4 is 11.6 Å². The first-order valence-electron chi connectivity index (χ1n) is 5.93. The molecule has 1 heterocycles. The molecule has 19 heavy (non-hydrogen) atoms. The van der Waals surface area contributed by atoms with E-state index in [0.717, 1.165) is 22.7 Å². The fourth-order valence-corrected chi connectivity index (χ4v) is 1.93. The molecule has 1 aromatic heterocycles. The largest absolute Gasteiger partial charge is 0.490 e. The molecular formula is C14H15ClN2O2. The summed E-state index contributed by atoms with van der Waals surface area (Å²) in [5, 5.41) is 0.238. The molecule has 5 heteroatoms. The van der Waals surface area contributed by atoms with Gasteiger partial charge in [-0.2, -0.15) is 0 Å². The number of para-hydroxylation sites is 1. The van der Waals surface area contributed by atoms with E-state index in [2.05, 4.69) is 9.97 Å². The van der Waals surface area contributed by atoms with Crippen molar-refractivity contribution in [2.24, 2.45) is 0 Å². The molecule has 0 saturated heterocycles. The number of nitrogens with zero attached hydrogens (tertiary/aromatic N) is 2. The van der Waals surface area contributed by atoms with Crippen molar-refractivity contribution in [3.05, 3.63) is 41.3 Å². The van der Waals surface area contributed by atoms with Gasteiger partial charge in [-0.25, -0.2) is 9.97 Å². The average Bonchev–Trinajstić information content (AvgIpc) is 2.38. The van der Waals surface area contributed by atoms with E-state index in [1.165, 1.54) is 0 Å². The number of ether oxygens (including phenoxy) is 2. The predicted molar refractivity (Wildman–Crippen MR) is 74.6 cm³/mol. The second-order valence-electron chi connectivity index (χ2n) is 4.00. The molecular weight excluding hydrogens is 264 g/mol. The molecule has 1 aromatic carbocycles. The first kappa shape index (κ1) is 13.8. The van der Waals surface area contributed by atoms with Gasteiger partial charge in [0.15, 0.2) is 0 Å². The Balaban J connectivity index is 2.32. The first-order valence-corrected chi connectivity index (χ1v) is 6.31. The quantitative estimate of drug-likeness (QED) is 0.623. The van der Waals surface area contributed by atoms with Crippen LogP contribution in [0.4, 0.5) is 0 Å². The Morgan fingerprint density at radius 3 is 2.68 bits per heavy atom. The van der Waals surface area contributed by atoms with Crippen LogP contribution in [0.5, 0.6) is 5.75 Å². The molecule has 2 aromatic rings. The van der Waals surface area contributed by atoms with Gasteiger partial charge >= 0.3 is 0 Å². The van der Waals surface area contributed by atoms with Gasteiger partial charge in [0.1, 0.15) is 12.4 Å². The van der Waals surface area contributed by atoms with Gasteiger partial charge in [-0.3, -0.25) is 0 Å². The summed E-state index contributed by atoms with van der Waals surface area (Å²) in [5.41, 5.74) is 2.47. The van der Waals surface area contributed by atoms with E-state index in [1.807, 2.05) is 37.3 Å². The maximum atomic E-state index is 5.90. The summed E-state index contributed by atoms with van der Waals surface area (Å²) in [6, 6.07) is 9.58. The van der Waals surface area contributed by atoms with Crippen molar-refractivity contribution in [3.63, 3.8) is 0 Å². The predicted octanol–water partition coefficient (Wildman–Crippen LogP) is 3.13. The second-order valence-corrected chi connectivity index (χ2v) is 4.34. The number of rotatable bonds is 5. The topological polar surface area (TPSA) is 44.2 Å². The molecule has 0 amide bonds. The first-order chi connectivity index (χ1) is 9.20. The van der Waals surface area contributed by atoms with Crippen molar-refractivity contribution < 1.29 is 9.47 Å². The highest BCUT2D eigenvalue weighted by molar-refractivity contribution is 6.28. The summed E-state index contributed by atoms with van der Waals surface area (Å²) < 4.78 is 10.7. The van der Waals surface area contributed by atoms with Crippen LogP contribution in [0.3, 0.4) is 0 Å². The van der Waals surface area contributed by atoms with E-state index in [-0.39, 0.29) is 5.28 Å². The van der Waals surface area contributed by atoms with Crippen LogP contribution in [0.15, 0.2) is 30.3 Å². The minimum Gasteiger partial charge on any atom is -0.490 e. The van der Waals surface area contributed by atoms with E-state index in [0.29, 0.717) is 13.2 Å². The summed E-state index contributed by atoms with van der Waals surface area (Å²) in [7, 11) is 1.64. The van der Waals surface area contributed by atoms with Crippen LogP contribution in [0.25, 0.3) is 11.3 Å². The van der Waals surface area contributed by atoms with Crippen LogP contribution in [-0.2, 0) is 4.74 Å². The molecule has 0 atom stereocenters. The smallest absolute Gasteiger partial charge is 0.223 e. The lowest BCUT2D eigenvalue weighted by molar-refractivity contribution is 0.146. The summed E-state index contributed by atoms with van der Waals surface area (Å²) >= 11 is 5.90. The molecule has 2 rings (SSSR count). The number of aromatic nitrogens is 2. The molecule has 100 valence electrons. The standard InChI is InChI=1S/C14H15ClN2O2/c1-10-9-12(17-14(15)16-10)11-5-3-4-6-13(11)19-8-7-18-2/h3-6,9H,7-8H2,1-2H3. The Kier molecular flexibility index (Phi) is 4.71. The van der Waals surface area contributed by atoms with Crippen LogP contribution < -0.4 is 4.74 Å². The number of methoxy groups -OCH3 is 1.